The highest BCUT2D eigenvalue weighted by Crippen LogP contribution is 2.25. The predicted octanol–water partition coefficient (Wildman–Crippen LogP) is 4.24. The number of nitrogens with one attached hydrogen (secondary N) is 2. The molecule has 0 bridgehead atoms. The lowest BCUT2D eigenvalue weighted by atomic mass is 9.89. The molecular formula is C18H26N2O. The fourth-order valence-electron chi connectivity index (χ4n) is 2.84. The Hall–Kier alpha value is -1.77. The van der Waals surface area contributed by atoms with E-state index in [4.69, 9.17) is 0 Å². The Morgan fingerprint density at radius 1 is 1.24 bits per heavy atom. The molecule has 1 aromatic rings. The Bertz CT molecular complexity index is 508. The maximum atomic E-state index is 11.9. The minimum Gasteiger partial charge on any atom is -0.331 e. The summed E-state index contributed by atoms with van der Waals surface area (Å²) in [5, 5.41) is 5.80. The van der Waals surface area contributed by atoms with Crippen molar-refractivity contribution < 1.29 is 4.79 Å². The SMILES string of the molecule is CC/C=C/NC(=O)NC(CC)c1ccc2c(c1)CCCC2. The van der Waals surface area contributed by atoms with E-state index >= 15 is 0 Å². The largest absolute Gasteiger partial charge is 0.331 e. The van der Waals surface area contributed by atoms with Gasteiger partial charge in [0.25, 0.3) is 0 Å². The molecule has 2 rings (SSSR count). The molecule has 1 aromatic carbocycles. The first-order valence-electron chi connectivity index (χ1n) is 8.08. The number of allylic oxidation sites excluding steroid dienone is 1. The Balaban J connectivity index is 2.03. The molecule has 21 heavy (non-hydrogen) atoms. The van der Waals surface area contributed by atoms with Crippen molar-refractivity contribution in [3.8, 4) is 0 Å². The van der Waals surface area contributed by atoms with E-state index < -0.39 is 0 Å². The zero-order valence-corrected chi connectivity index (χ0v) is 13.1. The first-order valence-corrected chi connectivity index (χ1v) is 8.08. The lowest BCUT2D eigenvalue weighted by Gasteiger charge is -2.21. The average Bonchev–Trinajstić information content (AvgIpc) is 2.52. The number of amides is 2. The van der Waals surface area contributed by atoms with Crippen LogP contribution in [0.4, 0.5) is 4.79 Å². The Labute approximate surface area is 127 Å². The van der Waals surface area contributed by atoms with Gasteiger partial charge in [-0.25, -0.2) is 4.79 Å². The van der Waals surface area contributed by atoms with Gasteiger partial charge in [0, 0.05) is 6.20 Å². The van der Waals surface area contributed by atoms with Gasteiger partial charge in [0.1, 0.15) is 0 Å². The standard InChI is InChI=1S/C18H26N2O/c1-3-5-12-19-18(21)20-17(4-2)16-11-10-14-8-6-7-9-15(14)13-16/h5,10-13,17H,3-4,6-9H2,1-2H3,(H2,19,20,21)/b12-5+. The molecule has 0 aliphatic heterocycles. The minimum absolute atomic E-state index is 0.0762. The van der Waals surface area contributed by atoms with E-state index in [2.05, 4.69) is 35.8 Å². The topological polar surface area (TPSA) is 41.1 Å². The number of rotatable bonds is 5. The van der Waals surface area contributed by atoms with Crippen molar-refractivity contribution in [2.75, 3.05) is 0 Å². The van der Waals surface area contributed by atoms with Crippen LogP contribution < -0.4 is 10.6 Å². The second-order valence-corrected chi connectivity index (χ2v) is 5.62. The van der Waals surface area contributed by atoms with E-state index in [1.165, 1.54) is 42.4 Å². The van der Waals surface area contributed by atoms with Gasteiger partial charge in [-0.05, 0) is 55.2 Å². The molecule has 1 aliphatic carbocycles. The third kappa shape index (κ3) is 4.35. The molecule has 2 N–H and O–H groups in total. The van der Waals surface area contributed by atoms with Crippen molar-refractivity contribution in [2.24, 2.45) is 0 Å². The molecule has 2 amide bonds. The monoisotopic (exact) mass is 286 g/mol. The summed E-state index contributed by atoms with van der Waals surface area (Å²) in [6, 6.07) is 6.63. The van der Waals surface area contributed by atoms with E-state index in [9.17, 15) is 4.79 Å². The molecule has 0 heterocycles. The highest BCUT2D eigenvalue weighted by atomic mass is 16.2. The lowest BCUT2D eigenvalue weighted by Crippen LogP contribution is -2.35. The lowest BCUT2D eigenvalue weighted by molar-refractivity contribution is 0.240. The number of carbonyl (C=O) groups excluding carboxylic acids is 1. The normalized spacial score (nSPS) is 15.5. The summed E-state index contributed by atoms with van der Waals surface area (Å²) in [6.07, 6.45) is 10.4. The molecule has 0 aromatic heterocycles. The van der Waals surface area contributed by atoms with E-state index in [1.54, 1.807) is 6.20 Å². The number of hydrogen-bond acceptors (Lipinski definition) is 1. The van der Waals surface area contributed by atoms with Gasteiger partial charge in [0.05, 0.1) is 6.04 Å². The quantitative estimate of drug-likeness (QED) is 0.835. The molecule has 1 unspecified atom stereocenters. The van der Waals surface area contributed by atoms with Gasteiger partial charge >= 0.3 is 6.03 Å². The van der Waals surface area contributed by atoms with Gasteiger partial charge in [-0.3, -0.25) is 0 Å². The van der Waals surface area contributed by atoms with Gasteiger partial charge < -0.3 is 10.6 Å². The van der Waals surface area contributed by atoms with E-state index in [0.29, 0.717) is 0 Å². The summed E-state index contributed by atoms with van der Waals surface area (Å²) in [4.78, 5) is 11.9. The summed E-state index contributed by atoms with van der Waals surface area (Å²) < 4.78 is 0. The maximum Gasteiger partial charge on any atom is 0.319 e. The summed E-state index contributed by atoms with van der Waals surface area (Å²) in [5.74, 6) is 0. The van der Waals surface area contributed by atoms with Crippen molar-refractivity contribution in [1.82, 2.24) is 10.6 Å². The van der Waals surface area contributed by atoms with E-state index in [0.717, 1.165) is 12.8 Å². The number of aryl methyl sites for hydroxylation is 2. The first kappa shape index (κ1) is 15.6. The van der Waals surface area contributed by atoms with Gasteiger partial charge in [-0.15, -0.1) is 0 Å². The fraction of sp³-hybridized carbons (Fsp3) is 0.500. The average molecular weight is 286 g/mol. The Morgan fingerprint density at radius 3 is 2.71 bits per heavy atom. The van der Waals surface area contributed by atoms with Crippen LogP contribution in [0.3, 0.4) is 0 Å². The number of carbonyl (C=O) groups is 1. The molecule has 0 saturated heterocycles. The molecule has 3 heteroatoms. The summed E-state index contributed by atoms with van der Waals surface area (Å²) in [7, 11) is 0. The van der Waals surface area contributed by atoms with Gasteiger partial charge in [0.15, 0.2) is 0 Å². The molecule has 1 atom stereocenters. The van der Waals surface area contributed by atoms with Crippen LogP contribution in [0.1, 0.15) is 62.3 Å². The van der Waals surface area contributed by atoms with Crippen LogP contribution in [-0.4, -0.2) is 6.03 Å². The minimum atomic E-state index is -0.135. The molecule has 114 valence electrons. The van der Waals surface area contributed by atoms with Gasteiger partial charge in [0.2, 0.25) is 0 Å². The van der Waals surface area contributed by atoms with Crippen LogP contribution in [0.5, 0.6) is 0 Å². The first-order chi connectivity index (χ1) is 10.2. The van der Waals surface area contributed by atoms with Crippen LogP contribution in [0.15, 0.2) is 30.5 Å². The third-order valence-electron chi connectivity index (χ3n) is 4.06. The number of fused-ring (bicyclic) bond motifs is 1. The second kappa shape index (κ2) is 7.87. The summed E-state index contributed by atoms with van der Waals surface area (Å²) in [6.45, 7) is 4.14. The molecule has 0 spiro atoms. The van der Waals surface area contributed by atoms with Crippen molar-refractivity contribution in [1.29, 1.82) is 0 Å². The summed E-state index contributed by atoms with van der Waals surface area (Å²) in [5.41, 5.74) is 4.16. The Morgan fingerprint density at radius 2 is 2.00 bits per heavy atom. The zero-order chi connectivity index (χ0) is 15.1. The van der Waals surface area contributed by atoms with Gasteiger partial charge in [-0.2, -0.15) is 0 Å². The highest BCUT2D eigenvalue weighted by Gasteiger charge is 2.15. The molecule has 1 aliphatic rings. The van der Waals surface area contributed by atoms with Crippen molar-refractivity contribution in [3.63, 3.8) is 0 Å². The maximum absolute atomic E-state index is 11.9. The molecular weight excluding hydrogens is 260 g/mol. The van der Waals surface area contributed by atoms with Crippen LogP contribution >= 0.6 is 0 Å². The van der Waals surface area contributed by atoms with Crippen LogP contribution in [-0.2, 0) is 12.8 Å². The summed E-state index contributed by atoms with van der Waals surface area (Å²) >= 11 is 0. The second-order valence-electron chi connectivity index (χ2n) is 5.62. The van der Waals surface area contributed by atoms with Crippen molar-refractivity contribution in [2.45, 2.75) is 58.4 Å². The van der Waals surface area contributed by atoms with E-state index in [1.807, 2.05) is 13.0 Å². The van der Waals surface area contributed by atoms with E-state index in [-0.39, 0.29) is 12.1 Å². The third-order valence-corrected chi connectivity index (χ3v) is 4.06. The fourth-order valence-corrected chi connectivity index (χ4v) is 2.84. The predicted molar refractivity (Wildman–Crippen MR) is 87.2 cm³/mol. The molecule has 3 nitrogen and oxygen atoms in total. The smallest absolute Gasteiger partial charge is 0.319 e. The number of hydrogen-bond donors (Lipinski definition) is 2. The molecule has 0 fully saturated rings. The highest BCUT2D eigenvalue weighted by molar-refractivity contribution is 5.75. The van der Waals surface area contributed by atoms with Gasteiger partial charge in [-0.1, -0.05) is 38.1 Å². The zero-order valence-electron chi connectivity index (χ0n) is 13.1. The van der Waals surface area contributed by atoms with Crippen molar-refractivity contribution in [3.05, 3.63) is 47.2 Å². The van der Waals surface area contributed by atoms with Crippen LogP contribution in [0.2, 0.25) is 0 Å². The molecule has 0 saturated carbocycles. The van der Waals surface area contributed by atoms with Crippen LogP contribution in [0, 0.1) is 0 Å². The molecule has 0 radical (unpaired) electrons. The number of benzene rings is 1. The van der Waals surface area contributed by atoms with Crippen LogP contribution in [0.25, 0.3) is 0 Å². The number of urea groups is 1. The Kier molecular flexibility index (Phi) is 5.85. The van der Waals surface area contributed by atoms with Crippen molar-refractivity contribution >= 4 is 6.03 Å².